The Morgan fingerprint density at radius 1 is 1.12 bits per heavy atom. The van der Waals surface area contributed by atoms with Crippen molar-refractivity contribution in [2.45, 2.75) is 13.0 Å². The van der Waals surface area contributed by atoms with E-state index in [1.807, 2.05) is 24.3 Å². The normalized spacial score (nSPS) is 10.8. The number of amides is 1. The van der Waals surface area contributed by atoms with E-state index in [0.717, 1.165) is 16.5 Å². The second-order valence-corrected chi connectivity index (χ2v) is 5.79. The maximum absolute atomic E-state index is 12.9. The van der Waals surface area contributed by atoms with Crippen molar-refractivity contribution in [3.8, 4) is 0 Å². The largest absolute Gasteiger partial charge is 0.477 e. The van der Waals surface area contributed by atoms with Crippen molar-refractivity contribution >= 4 is 22.8 Å². The molecule has 0 aliphatic rings. The van der Waals surface area contributed by atoms with Gasteiger partial charge in [-0.1, -0.05) is 30.3 Å². The fourth-order valence-corrected chi connectivity index (χ4v) is 2.95. The van der Waals surface area contributed by atoms with Gasteiger partial charge < -0.3 is 15.0 Å². The number of benzene rings is 2. The summed E-state index contributed by atoms with van der Waals surface area (Å²) in [5, 5.41) is 13.0. The van der Waals surface area contributed by atoms with E-state index in [0.29, 0.717) is 5.56 Å². The maximum Gasteiger partial charge on any atom is 0.352 e. The van der Waals surface area contributed by atoms with E-state index in [2.05, 4.69) is 5.32 Å². The van der Waals surface area contributed by atoms with E-state index < -0.39 is 5.97 Å². The molecule has 0 spiro atoms. The van der Waals surface area contributed by atoms with Gasteiger partial charge in [0.05, 0.1) is 6.42 Å². The summed E-state index contributed by atoms with van der Waals surface area (Å²) in [7, 11) is 1.67. The number of carbonyl (C=O) groups excluding carboxylic acids is 1. The number of hydrogen-bond acceptors (Lipinski definition) is 2. The molecule has 0 bridgehead atoms. The van der Waals surface area contributed by atoms with E-state index >= 15 is 0 Å². The minimum atomic E-state index is -1.07. The van der Waals surface area contributed by atoms with Crippen molar-refractivity contribution in [1.82, 2.24) is 9.88 Å². The first kappa shape index (κ1) is 16.7. The summed E-state index contributed by atoms with van der Waals surface area (Å²) in [5.41, 5.74) is 2.13. The lowest BCUT2D eigenvalue weighted by Gasteiger charge is -2.06. The molecular weight excluding hydrogens is 323 g/mol. The third-order valence-electron chi connectivity index (χ3n) is 4.15. The van der Waals surface area contributed by atoms with E-state index in [1.54, 1.807) is 23.7 Å². The molecule has 6 heteroatoms. The minimum Gasteiger partial charge on any atom is -0.477 e. The SMILES string of the molecule is Cn1c(C(=O)O)c(CC(=O)NCc2ccc(F)cc2)c2ccccc21. The summed E-state index contributed by atoms with van der Waals surface area (Å²) in [4.78, 5) is 23.9. The highest BCUT2D eigenvalue weighted by Crippen LogP contribution is 2.26. The number of carboxylic acids is 1. The molecule has 0 radical (unpaired) electrons. The Bertz CT molecular complexity index is 945. The number of aryl methyl sites for hydroxylation is 1. The highest BCUT2D eigenvalue weighted by Gasteiger charge is 2.22. The number of carboxylic acid groups (broad SMARTS) is 1. The Morgan fingerprint density at radius 2 is 1.80 bits per heavy atom. The number of para-hydroxylation sites is 1. The van der Waals surface area contributed by atoms with Crippen molar-refractivity contribution in [3.05, 3.63) is 71.2 Å². The van der Waals surface area contributed by atoms with Gasteiger partial charge in [-0.25, -0.2) is 9.18 Å². The lowest BCUT2D eigenvalue weighted by molar-refractivity contribution is -0.120. The number of hydrogen-bond donors (Lipinski definition) is 2. The molecular formula is C19H17FN2O3. The van der Waals surface area contributed by atoms with E-state index in [1.165, 1.54) is 12.1 Å². The topological polar surface area (TPSA) is 71.3 Å². The molecule has 2 N–H and O–H groups in total. The Hall–Kier alpha value is -3.15. The van der Waals surface area contributed by atoms with Gasteiger partial charge in [0.1, 0.15) is 11.5 Å². The lowest BCUT2D eigenvalue weighted by Crippen LogP contribution is -2.25. The molecule has 5 nitrogen and oxygen atoms in total. The summed E-state index contributed by atoms with van der Waals surface area (Å²) in [6, 6.07) is 13.1. The number of nitrogens with zero attached hydrogens (tertiary/aromatic N) is 1. The Morgan fingerprint density at radius 3 is 2.48 bits per heavy atom. The van der Waals surface area contributed by atoms with Crippen LogP contribution < -0.4 is 5.32 Å². The predicted molar refractivity (Wildman–Crippen MR) is 91.8 cm³/mol. The second kappa shape index (κ2) is 6.76. The van der Waals surface area contributed by atoms with Crippen LogP contribution in [0.1, 0.15) is 21.6 Å². The summed E-state index contributed by atoms with van der Waals surface area (Å²) < 4.78 is 14.5. The van der Waals surface area contributed by atoms with Crippen LogP contribution in [0.5, 0.6) is 0 Å². The van der Waals surface area contributed by atoms with Gasteiger partial charge in [0.25, 0.3) is 0 Å². The van der Waals surface area contributed by atoms with Gasteiger partial charge in [0, 0.05) is 30.1 Å². The average Bonchev–Trinajstić information content (AvgIpc) is 2.87. The van der Waals surface area contributed by atoms with Crippen molar-refractivity contribution in [2.75, 3.05) is 0 Å². The quantitative estimate of drug-likeness (QED) is 0.750. The molecule has 2 aromatic carbocycles. The maximum atomic E-state index is 12.9. The van der Waals surface area contributed by atoms with Gasteiger partial charge >= 0.3 is 5.97 Å². The fourth-order valence-electron chi connectivity index (χ4n) is 2.95. The fraction of sp³-hybridized carbons (Fsp3) is 0.158. The Kier molecular flexibility index (Phi) is 4.52. The zero-order valence-electron chi connectivity index (χ0n) is 13.6. The van der Waals surface area contributed by atoms with Crippen LogP contribution >= 0.6 is 0 Å². The van der Waals surface area contributed by atoms with Crippen LogP contribution in [0.15, 0.2) is 48.5 Å². The smallest absolute Gasteiger partial charge is 0.352 e. The molecule has 3 rings (SSSR count). The zero-order chi connectivity index (χ0) is 18.0. The number of aromatic carboxylic acids is 1. The summed E-state index contributed by atoms with van der Waals surface area (Å²) >= 11 is 0. The molecule has 0 unspecified atom stereocenters. The molecule has 0 aliphatic heterocycles. The summed E-state index contributed by atoms with van der Waals surface area (Å²) in [6.07, 6.45) is -0.0375. The van der Waals surface area contributed by atoms with Crippen molar-refractivity contribution in [3.63, 3.8) is 0 Å². The number of rotatable bonds is 5. The van der Waals surface area contributed by atoms with Crippen LogP contribution in [0.2, 0.25) is 0 Å². The zero-order valence-corrected chi connectivity index (χ0v) is 13.6. The van der Waals surface area contributed by atoms with Gasteiger partial charge in [-0.3, -0.25) is 4.79 Å². The molecule has 1 aromatic heterocycles. The van der Waals surface area contributed by atoms with E-state index in [4.69, 9.17) is 0 Å². The highest BCUT2D eigenvalue weighted by atomic mass is 19.1. The van der Waals surface area contributed by atoms with Crippen LogP contribution in [0.3, 0.4) is 0 Å². The number of nitrogens with one attached hydrogen (secondary N) is 1. The molecule has 25 heavy (non-hydrogen) atoms. The first-order valence-electron chi connectivity index (χ1n) is 7.78. The molecule has 0 atom stereocenters. The molecule has 0 fully saturated rings. The molecule has 1 heterocycles. The third kappa shape index (κ3) is 3.38. The van der Waals surface area contributed by atoms with Gasteiger partial charge in [-0.2, -0.15) is 0 Å². The molecule has 0 aliphatic carbocycles. The van der Waals surface area contributed by atoms with Crippen LogP contribution in [-0.4, -0.2) is 21.6 Å². The standard InChI is InChI=1S/C19H17FN2O3/c1-22-16-5-3-2-4-14(16)15(18(22)19(24)25)10-17(23)21-11-12-6-8-13(20)9-7-12/h2-9H,10-11H2,1H3,(H,21,23)(H,24,25). The number of aromatic nitrogens is 1. The van der Waals surface area contributed by atoms with Crippen LogP contribution in [0.25, 0.3) is 10.9 Å². The van der Waals surface area contributed by atoms with Gasteiger partial charge in [-0.15, -0.1) is 0 Å². The average molecular weight is 340 g/mol. The second-order valence-electron chi connectivity index (χ2n) is 5.79. The highest BCUT2D eigenvalue weighted by molar-refractivity contribution is 6.00. The van der Waals surface area contributed by atoms with Crippen molar-refractivity contribution in [2.24, 2.45) is 7.05 Å². The third-order valence-corrected chi connectivity index (χ3v) is 4.15. The van der Waals surface area contributed by atoms with Crippen molar-refractivity contribution < 1.29 is 19.1 Å². The predicted octanol–water partition coefficient (Wildman–Crippen LogP) is 2.87. The van der Waals surface area contributed by atoms with E-state index in [9.17, 15) is 19.1 Å². The molecule has 1 amide bonds. The van der Waals surface area contributed by atoms with Gasteiger partial charge in [-0.05, 0) is 23.8 Å². The molecule has 128 valence electrons. The van der Waals surface area contributed by atoms with E-state index in [-0.39, 0.29) is 30.4 Å². The monoisotopic (exact) mass is 340 g/mol. The van der Waals surface area contributed by atoms with Crippen molar-refractivity contribution in [1.29, 1.82) is 0 Å². The Labute approximate surface area is 143 Å². The van der Waals surface area contributed by atoms with Crippen LogP contribution in [0, 0.1) is 5.82 Å². The number of halogens is 1. The summed E-state index contributed by atoms with van der Waals surface area (Å²) in [6.45, 7) is 0.256. The lowest BCUT2D eigenvalue weighted by atomic mass is 10.1. The van der Waals surface area contributed by atoms with Crippen LogP contribution in [0.4, 0.5) is 4.39 Å². The van der Waals surface area contributed by atoms with Crippen LogP contribution in [-0.2, 0) is 24.8 Å². The first-order chi connectivity index (χ1) is 12.0. The molecule has 3 aromatic rings. The first-order valence-corrected chi connectivity index (χ1v) is 7.78. The van der Waals surface area contributed by atoms with Gasteiger partial charge in [0.2, 0.25) is 5.91 Å². The number of carbonyl (C=O) groups is 2. The number of fused-ring (bicyclic) bond motifs is 1. The Balaban J connectivity index is 1.82. The molecule has 0 saturated heterocycles. The minimum absolute atomic E-state index is 0.0375. The summed E-state index contributed by atoms with van der Waals surface area (Å²) in [5.74, 6) is -1.69. The van der Waals surface area contributed by atoms with Gasteiger partial charge in [0.15, 0.2) is 0 Å². The molecule has 0 saturated carbocycles.